The monoisotopic (exact) mass is 386 g/mol. The van der Waals surface area contributed by atoms with E-state index in [2.05, 4.69) is 28.3 Å². The first-order chi connectivity index (χ1) is 14.0. The average molecular weight is 386 g/mol. The molecule has 0 radical (unpaired) electrons. The largest absolute Gasteiger partial charge is 0.363 e. The van der Waals surface area contributed by atoms with Gasteiger partial charge in [-0.3, -0.25) is 9.59 Å². The number of hydrogen-bond donors (Lipinski definition) is 1. The molecule has 4 aliphatic carbocycles. The molecule has 6 nitrogen and oxygen atoms in total. The SMILES string of the molecule is C[C@@H](Nc1ncnc2cc(=O)n(C34CC(C3)C4)cc12)c1cccc2c1CCC2=O. The van der Waals surface area contributed by atoms with E-state index in [4.69, 9.17) is 0 Å². The van der Waals surface area contributed by atoms with Gasteiger partial charge in [0.2, 0.25) is 0 Å². The smallest absolute Gasteiger partial charge is 0.253 e. The molecule has 1 atom stereocenters. The molecule has 0 amide bonds. The van der Waals surface area contributed by atoms with E-state index in [-0.39, 0.29) is 22.9 Å². The second-order valence-corrected chi connectivity index (χ2v) is 8.87. The molecule has 2 heterocycles. The van der Waals surface area contributed by atoms with Crippen molar-refractivity contribution in [1.82, 2.24) is 14.5 Å². The maximum Gasteiger partial charge on any atom is 0.253 e. The van der Waals surface area contributed by atoms with Crippen molar-refractivity contribution in [1.29, 1.82) is 0 Å². The molecule has 0 unspecified atom stereocenters. The molecule has 2 aromatic heterocycles. The highest BCUT2D eigenvalue weighted by Gasteiger charge is 2.58. The number of hydrogen-bond acceptors (Lipinski definition) is 5. The second-order valence-electron chi connectivity index (χ2n) is 8.87. The molecule has 1 aromatic carbocycles. The number of aromatic nitrogens is 3. The molecule has 0 spiro atoms. The van der Waals surface area contributed by atoms with Crippen molar-refractivity contribution in [3.63, 3.8) is 0 Å². The quantitative estimate of drug-likeness (QED) is 0.741. The molecule has 29 heavy (non-hydrogen) atoms. The second kappa shape index (κ2) is 5.75. The summed E-state index contributed by atoms with van der Waals surface area (Å²) < 4.78 is 1.91. The van der Waals surface area contributed by atoms with Crippen LogP contribution in [0.1, 0.15) is 60.1 Å². The molecule has 7 rings (SSSR count). The van der Waals surface area contributed by atoms with E-state index in [0.29, 0.717) is 11.9 Å². The molecule has 3 fully saturated rings. The molecule has 0 saturated heterocycles. The normalized spacial score (nSPS) is 25.3. The summed E-state index contributed by atoms with van der Waals surface area (Å²) in [5.74, 6) is 1.75. The molecule has 146 valence electrons. The molecule has 6 heteroatoms. The lowest BCUT2D eigenvalue weighted by molar-refractivity contribution is -0.0911. The molecule has 3 saturated carbocycles. The minimum absolute atomic E-state index is 0.00993. The van der Waals surface area contributed by atoms with E-state index in [1.807, 2.05) is 22.9 Å². The van der Waals surface area contributed by atoms with Gasteiger partial charge in [0.05, 0.1) is 16.9 Å². The lowest BCUT2D eigenvalue weighted by Gasteiger charge is -2.62. The number of Topliss-reactive ketones (excluding diaryl/α,β-unsaturated/α-hetero) is 1. The first-order valence-corrected chi connectivity index (χ1v) is 10.3. The lowest BCUT2D eigenvalue weighted by atomic mass is 9.49. The van der Waals surface area contributed by atoms with Crippen LogP contribution in [0.3, 0.4) is 0 Å². The molecule has 4 aliphatic rings. The highest BCUT2D eigenvalue weighted by molar-refractivity contribution is 6.00. The first kappa shape index (κ1) is 16.9. The van der Waals surface area contributed by atoms with Gasteiger partial charge in [-0.2, -0.15) is 0 Å². The standard InChI is InChI=1S/C23H22N4O2/c1-13(15-3-2-4-17-16(15)5-6-20(17)28)26-22-18-11-27(23-8-14(9-23)10-23)21(29)7-19(18)24-12-25-22/h2-4,7,11-14H,5-6,8-10H2,1H3,(H,24,25,26)/t13-,14?,23?/m1/s1. The van der Waals surface area contributed by atoms with Crippen LogP contribution in [0.25, 0.3) is 10.9 Å². The number of carbonyl (C=O) groups excluding carboxylic acids is 1. The summed E-state index contributed by atoms with van der Waals surface area (Å²) in [7, 11) is 0. The Kier molecular flexibility index (Phi) is 3.35. The Bertz CT molecular complexity index is 1230. The summed E-state index contributed by atoms with van der Waals surface area (Å²) in [5.41, 5.74) is 3.83. The molecular formula is C23H22N4O2. The van der Waals surface area contributed by atoms with Crippen LogP contribution < -0.4 is 10.9 Å². The van der Waals surface area contributed by atoms with E-state index in [1.165, 1.54) is 6.33 Å². The summed E-state index contributed by atoms with van der Waals surface area (Å²) in [4.78, 5) is 33.6. The van der Waals surface area contributed by atoms with Gasteiger partial charge < -0.3 is 9.88 Å². The van der Waals surface area contributed by atoms with Gasteiger partial charge in [-0.25, -0.2) is 9.97 Å². The number of carbonyl (C=O) groups is 1. The summed E-state index contributed by atoms with van der Waals surface area (Å²) in [5, 5.41) is 4.38. The fourth-order valence-electron chi connectivity index (χ4n) is 5.45. The Morgan fingerprint density at radius 2 is 2.00 bits per heavy atom. The fourth-order valence-corrected chi connectivity index (χ4v) is 5.45. The number of ketones is 1. The third kappa shape index (κ3) is 2.35. The van der Waals surface area contributed by atoms with Gasteiger partial charge in [0.25, 0.3) is 5.56 Å². The van der Waals surface area contributed by atoms with Crippen molar-refractivity contribution in [2.75, 3.05) is 5.32 Å². The Balaban J connectivity index is 1.40. The topological polar surface area (TPSA) is 76.9 Å². The maximum absolute atomic E-state index is 12.7. The number of rotatable bonds is 4. The van der Waals surface area contributed by atoms with Crippen LogP contribution in [0.5, 0.6) is 0 Å². The Morgan fingerprint density at radius 3 is 2.76 bits per heavy atom. The van der Waals surface area contributed by atoms with Gasteiger partial charge in [-0.1, -0.05) is 18.2 Å². The Morgan fingerprint density at radius 1 is 1.17 bits per heavy atom. The van der Waals surface area contributed by atoms with Crippen LogP contribution in [0.2, 0.25) is 0 Å². The summed E-state index contributed by atoms with van der Waals surface area (Å²) in [6, 6.07) is 7.57. The van der Waals surface area contributed by atoms with Crippen LogP contribution in [-0.2, 0) is 12.0 Å². The minimum Gasteiger partial charge on any atom is -0.363 e. The van der Waals surface area contributed by atoms with Crippen LogP contribution >= 0.6 is 0 Å². The highest BCUT2D eigenvalue weighted by Crippen LogP contribution is 2.61. The number of fused-ring (bicyclic) bond motifs is 2. The fraction of sp³-hybridized carbons (Fsp3) is 0.391. The van der Waals surface area contributed by atoms with Crippen molar-refractivity contribution in [3.8, 4) is 0 Å². The lowest BCUT2D eigenvalue weighted by Crippen LogP contribution is -2.61. The Labute approximate surface area is 168 Å². The zero-order chi connectivity index (χ0) is 19.8. The van der Waals surface area contributed by atoms with E-state index in [1.54, 1.807) is 6.07 Å². The third-order valence-electron chi connectivity index (χ3n) is 7.12. The zero-order valence-electron chi connectivity index (χ0n) is 16.3. The van der Waals surface area contributed by atoms with Gasteiger partial charge in [-0.15, -0.1) is 0 Å². The maximum atomic E-state index is 12.7. The summed E-state index contributed by atoms with van der Waals surface area (Å²) >= 11 is 0. The number of benzene rings is 1. The Hall–Kier alpha value is -3.02. The van der Waals surface area contributed by atoms with E-state index in [0.717, 1.165) is 59.5 Å². The van der Waals surface area contributed by atoms with Crippen molar-refractivity contribution < 1.29 is 4.79 Å². The number of anilines is 1. The third-order valence-corrected chi connectivity index (χ3v) is 7.12. The first-order valence-electron chi connectivity index (χ1n) is 10.3. The van der Waals surface area contributed by atoms with Crippen molar-refractivity contribution in [2.24, 2.45) is 5.92 Å². The molecule has 0 aliphatic heterocycles. The predicted octanol–water partition coefficient (Wildman–Crippen LogP) is 3.60. The van der Waals surface area contributed by atoms with E-state index >= 15 is 0 Å². The van der Waals surface area contributed by atoms with Gasteiger partial charge in [-0.05, 0) is 49.7 Å². The van der Waals surface area contributed by atoms with Gasteiger partial charge in [0, 0.05) is 29.8 Å². The van der Waals surface area contributed by atoms with Crippen LogP contribution in [0.15, 0.2) is 41.6 Å². The van der Waals surface area contributed by atoms with E-state index in [9.17, 15) is 9.59 Å². The van der Waals surface area contributed by atoms with Gasteiger partial charge in [0.15, 0.2) is 5.78 Å². The molecular weight excluding hydrogens is 364 g/mol. The number of nitrogens with one attached hydrogen (secondary N) is 1. The number of pyridine rings is 1. The van der Waals surface area contributed by atoms with Crippen LogP contribution in [0, 0.1) is 5.92 Å². The van der Waals surface area contributed by atoms with Crippen LogP contribution in [-0.4, -0.2) is 20.3 Å². The van der Waals surface area contributed by atoms with Crippen molar-refractivity contribution >= 4 is 22.5 Å². The predicted molar refractivity (Wildman–Crippen MR) is 110 cm³/mol. The highest BCUT2D eigenvalue weighted by atomic mass is 16.1. The van der Waals surface area contributed by atoms with Gasteiger partial charge >= 0.3 is 0 Å². The average Bonchev–Trinajstić information content (AvgIpc) is 3.01. The van der Waals surface area contributed by atoms with Crippen LogP contribution in [0.4, 0.5) is 5.82 Å². The molecule has 3 aromatic rings. The van der Waals surface area contributed by atoms with Crippen molar-refractivity contribution in [2.45, 2.75) is 50.6 Å². The zero-order valence-corrected chi connectivity index (χ0v) is 16.3. The van der Waals surface area contributed by atoms with Crippen molar-refractivity contribution in [3.05, 3.63) is 63.8 Å². The summed E-state index contributed by atoms with van der Waals surface area (Å²) in [6.07, 6.45) is 8.15. The molecule has 1 N–H and O–H groups in total. The van der Waals surface area contributed by atoms with Gasteiger partial charge in [0.1, 0.15) is 12.1 Å². The minimum atomic E-state index is -0.00993. The molecule has 2 bridgehead atoms. The number of nitrogens with zero attached hydrogens (tertiary/aromatic N) is 3. The summed E-state index contributed by atoms with van der Waals surface area (Å²) in [6.45, 7) is 2.09. The van der Waals surface area contributed by atoms with E-state index < -0.39 is 0 Å².